The predicted octanol–water partition coefficient (Wildman–Crippen LogP) is 3.09. The molecule has 2 rings (SSSR count). The molecule has 0 saturated carbocycles. The molecule has 0 aliphatic carbocycles. The van der Waals surface area contributed by atoms with Crippen LogP contribution in [0, 0.1) is 11.6 Å². The smallest absolute Gasteiger partial charge is 0.317 e. The lowest BCUT2D eigenvalue weighted by molar-refractivity contribution is 0.200. The molecule has 1 heterocycles. The lowest BCUT2D eigenvalue weighted by atomic mass is 10.1. The number of hydrogen-bond donors (Lipinski definition) is 1. The standard InChI is InChI=1S/C15H20F2N2O/c16-13-9-12(10-14(17)11-13)5-6-18-15(20)19-7-3-1-2-4-8-19/h9-11H,1-8H2,(H,18,20). The SMILES string of the molecule is O=C(NCCc1cc(F)cc(F)c1)N1CCCCCC1. The van der Waals surface area contributed by atoms with Gasteiger partial charge in [-0.3, -0.25) is 0 Å². The van der Waals surface area contributed by atoms with E-state index in [1.54, 1.807) is 0 Å². The van der Waals surface area contributed by atoms with Crippen LogP contribution >= 0.6 is 0 Å². The Labute approximate surface area is 118 Å². The summed E-state index contributed by atoms with van der Waals surface area (Å²) in [5, 5.41) is 2.81. The van der Waals surface area contributed by atoms with Gasteiger partial charge in [0.2, 0.25) is 0 Å². The van der Waals surface area contributed by atoms with Crippen molar-refractivity contribution in [3.63, 3.8) is 0 Å². The minimum absolute atomic E-state index is 0.0798. The van der Waals surface area contributed by atoms with Gasteiger partial charge in [0, 0.05) is 25.7 Å². The molecule has 2 amide bonds. The molecule has 0 aromatic heterocycles. The number of hydrogen-bond acceptors (Lipinski definition) is 1. The second-order valence-electron chi connectivity index (χ2n) is 5.16. The predicted molar refractivity (Wildman–Crippen MR) is 73.5 cm³/mol. The van der Waals surface area contributed by atoms with Crippen LogP contribution in [-0.2, 0) is 6.42 Å². The van der Waals surface area contributed by atoms with Crippen molar-refractivity contribution in [2.45, 2.75) is 32.1 Å². The molecule has 1 saturated heterocycles. The van der Waals surface area contributed by atoms with Gasteiger partial charge in [-0.25, -0.2) is 13.6 Å². The first-order valence-electron chi connectivity index (χ1n) is 7.13. The van der Waals surface area contributed by atoms with Crippen molar-refractivity contribution in [3.05, 3.63) is 35.4 Å². The molecule has 0 radical (unpaired) electrons. The van der Waals surface area contributed by atoms with Crippen molar-refractivity contribution in [3.8, 4) is 0 Å². The van der Waals surface area contributed by atoms with Crippen LogP contribution in [0.4, 0.5) is 13.6 Å². The number of benzene rings is 1. The average molecular weight is 282 g/mol. The second kappa shape index (κ2) is 7.22. The summed E-state index contributed by atoms with van der Waals surface area (Å²) < 4.78 is 26.0. The van der Waals surface area contributed by atoms with Gasteiger partial charge in [-0.15, -0.1) is 0 Å². The molecule has 1 aromatic carbocycles. The summed E-state index contributed by atoms with van der Waals surface area (Å²) in [6, 6.07) is 3.35. The Morgan fingerprint density at radius 2 is 1.65 bits per heavy atom. The highest BCUT2D eigenvalue weighted by molar-refractivity contribution is 5.74. The number of carbonyl (C=O) groups excluding carboxylic acids is 1. The Morgan fingerprint density at radius 1 is 1.05 bits per heavy atom. The van der Waals surface area contributed by atoms with Crippen molar-refractivity contribution in [2.75, 3.05) is 19.6 Å². The fourth-order valence-electron chi connectivity index (χ4n) is 2.45. The number of amides is 2. The molecule has 0 unspecified atom stereocenters. The van der Waals surface area contributed by atoms with Crippen LogP contribution in [0.15, 0.2) is 18.2 Å². The Morgan fingerprint density at radius 3 is 2.25 bits per heavy atom. The van der Waals surface area contributed by atoms with Crippen LogP contribution in [0.5, 0.6) is 0 Å². The van der Waals surface area contributed by atoms with E-state index in [4.69, 9.17) is 0 Å². The zero-order valence-electron chi connectivity index (χ0n) is 11.5. The van der Waals surface area contributed by atoms with Gasteiger partial charge in [-0.05, 0) is 37.0 Å². The molecule has 1 aliphatic heterocycles. The third kappa shape index (κ3) is 4.47. The Kier molecular flexibility index (Phi) is 5.32. The number of halogens is 2. The first-order chi connectivity index (χ1) is 9.65. The summed E-state index contributed by atoms with van der Waals surface area (Å²) in [6.07, 6.45) is 4.86. The molecule has 3 nitrogen and oxygen atoms in total. The molecule has 1 fully saturated rings. The summed E-state index contributed by atoms with van der Waals surface area (Å²) in [7, 11) is 0. The average Bonchev–Trinajstić information content (AvgIpc) is 2.66. The van der Waals surface area contributed by atoms with Crippen molar-refractivity contribution < 1.29 is 13.6 Å². The zero-order valence-corrected chi connectivity index (χ0v) is 11.5. The maximum Gasteiger partial charge on any atom is 0.317 e. The minimum Gasteiger partial charge on any atom is -0.338 e. The maximum atomic E-state index is 13.0. The van der Waals surface area contributed by atoms with Crippen molar-refractivity contribution in [1.82, 2.24) is 10.2 Å². The van der Waals surface area contributed by atoms with Crippen LogP contribution in [0.3, 0.4) is 0 Å². The van der Waals surface area contributed by atoms with E-state index in [2.05, 4.69) is 5.32 Å². The van der Waals surface area contributed by atoms with E-state index in [1.807, 2.05) is 4.90 Å². The Hall–Kier alpha value is -1.65. The lowest BCUT2D eigenvalue weighted by Gasteiger charge is -2.20. The first-order valence-corrected chi connectivity index (χ1v) is 7.13. The van der Waals surface area contributed by atoms with Gasteiger partial charge in [0.25, 0.3) is 0 Å². The molecule has 1 aliphatic rings. The van der Waals surface area contributed by atoms with Crippen LogP contribution in [-0.4, -0.2) is 30.6 Å². The second-order valence-corrected chi connectivity index (χ2v) is 5.16. The van der Waals surface area contributed by atoms with Gasteiger partial charge >= 0.3 is 6.03 Å². The lowest BCUT2D eigenvalue weighted by Crippen LogP contribution is -2.41. The topological polar surface area (TPSA) is 32.3 Å². The molecule has 1 aromatic rings. The monoisotopic (exact) mass is 282 g/mol. The van der Waals surface area contributed by atoms with E-state index in [1.165, 1.54) is 25.0 Å². The first kappa shape index (κ1) is 14.8. The Balaban J connectivity index is 1.78. The van der Waals surface area contributed by atoms with Gasteiger partial charge in [-0.1, -0.05) is 12.8 Å². The molecule has 0 bridgehead atoms. The summed E-state index contributed by atoms with van der Waals surface area (Å²) in [5.41, 5.74) is 0.554. The summed E-state index contributed by atoms with van der Waals surface area (Å²) in [6.45, 7) is 1.97. The van der Waals surface area contributed by atoms with E-state index in [9.17, 15) is 13.6 Å². The molecule has 0 atom stereocenters. The largest absolute Gasteiger partial charge is 0.338 e. The van der Waals surface area contributed by atoms with Gasteiger partial charge in [0.15, 0.2) is 0 Å². The molecular weight excluding hydrogens is 262 g/mol. The molecule has 20 heavy (non-hydrogen) atoms. The minimum atomic E-state index is -0.584. The van der Waals surface area contributed by atoms with E-state index >= 15 is 0 Å². The number of likely N-dealkylation sites (tertiary alicyclic amines) is 1. The van der Waals surface area contributed by atoms with E-state index in [0.717, 1.165) is 32.0 Å². The van der Waals surface area contributed by atoms with Crippen molar-refractivity contribution in [2.24, 2.45) is 0 Å². The number of nitrogens with one attached hydrogen (secondary N) is 1. The number of rotatable bonds is 3. The maximum absolute atomic E-state index is 13.0. The number of carbonyl (C=O) groups is 1. The highest BCUT2D eigenvalue weighted by Gasteiger charge is 2.14. The molecule has 5 heteroatoms. The summed E-state index contributed by atoms with van der Waals surface area (Å²) >= 11 is 0. The van der Waals surface area contributed by atoms with E-state index in [-0.39, 0.29) is 6.03 Å². The fraction of sp³-hybridized carbons (Fsp3) is 0.533. The summed E-state index contributed by atoms with van der Waals surface area (Å²) in [4.78, 5) is 13.8. The molecule has 110 valence electrons. The third-order valence-electron chi connectivity index (χ3n) is 3.51. The van der Waals surface area contributed by atoms with Crippen LogP contribution in [0.2, 0.25) is 0 Å². The van der Waals surface area contributed by atoms with E-state index < -0.39 is 11.6 Å². The van der Waals surface area contributed by atoms with Crippen molar-refractivity contribution in [1.29, 1.82) is 0 Å². The summed E-state index contributed by atoms with van der Waals surface area (Å²) in [5.74, 6) is -1.17. The fourth-order valence-corrected chi connectivity index (χ4v) is 2.45. The third-order valence-corrected chi connectivity index (χ3v) is 3.51. The van der Waals surface area contributed by atoms with Crippen LogP contribution in [0.1, 0.15) is 31.2 Å². The number of nitrogens with zero attached hydrogens (tertiary/aromatic N) is 1. The van der Waals surface area contributed by atoms with Crippen LogP contribution in [0.25, 0.3) is 0 Å². The Bertz CT molecular complexity index is 437. The zero-order chi connectivity index (χ0) is 14.4. The van der Waals surface area contributed by atoms with Gasteiger partial charge in [0.05, 0.1) is 0 Å². The highest BCUT2D eigenvalue weighted by Crippen LogP contribution is 2.10. The molecular formula is C15H20F2N2O. The number of urea groups is 1. The van der Waals surface area contributed by atoms with Crippen LogP contribution < -0.4 is 5.32 Å². The highest BCUT2D eigenvalue weighted by atomic mass is 19.1. The van der Waals surface area contributed by atoms with Gasteiger partial charge < -0.3 is 10.2 Å². The van der Waals surface area contributed by atoms with Gasteiger partial charge in [0.1, 0.15) is 11.6 Å². The van der Waals surface area contributed by atoms with Gasteiger partial charge in [-0.2, -0.15) is 0 Å². The quantitative estimate of drug-likeness (QED) is 0.907. The normalized spacial score (nSPS) is 15.8. The van der Waals surface area contributed by atoms with Crippen molar-refractivity contribution >= 4 is 6.03 Å². The molecule has 0 spiro atoms. The molecule has 1 N–H and O–H groups in total. The van der Waals surface area contributed by atoms with E-state index in [0.29, 0.717) is 18.5 Å².